The summed E-state index contributed by atoms with van der Waals surface area (Å²) in [6.07, 6.45) is 5.47. The number of dihydropyridines is 1. The number of aromatic nitrogens is 1. The highest BCUT2D eigenvalue weighted by Crippen LogP contribution is 2.27. The quantitative estimate of drug-likeness (QED) is 0.752. The highest BCUT2D eigenvalue weighted by Gasteiger charge is 2.35. The minimum absolute atomic E-state index is 0.0320. The Kier molecular flexibility index (Phi) is 2.59. The molecule has 0 N–H and O–H groups in total. The molecular formula is C13H14N4O. The summed E-state index contributed by atoms with van der Waals surface area (Å²) >= 11 is 0. The van der Waals surface area contributed by atoms with Crippen LogP contribution in [0.3, 0.4) is 0 Å². The van der Waals surface area contributed by atoms with Crippen LogP contribution in [0.15, 0.2) is 46.5 Å². The lowest BCUT2D eigenvalue weighted by Crippen LogP contribution is -2.39. The van der Waals surface area contributed by atoms with E-state index < -0.39 is 0 Å². The number of nitrogens with zero attached hydrogens (tertiary/aromatic N) is 4. The smallest absolute Gasteiger partial charge is 0.210 e. The second-order valence-corrected chi connectivity index (χ2v) is 4.16. The molecule has 3 rings (SSSR count). The Hall–Kier alpha value is -2.17. The van der Waals surface area contributed by atoms with E-state index >= 15 is 0 Å². The summed E-state index contributed by atoms with van der Waals surface area (Å²) in [6.45, 7) is 2.04. The number of anilines is 1. The second-order valence-electron chi connectivity index (χ2n) is 4.16. The Labute approximate surface area is 106 Å². The van der Waals surface area contributed by atoms with E-state index in [9.17, 15) is 0 Å². The van der Waals surface area contributed by atoms with Gasteiger partial charge in [0, 0.05) is 12.3 Å². The van der Waals surface area contributed by atoms with Gasteiger partial charge in [0.15, 0.2) is 6.17 Å². The van der Waals surface area contributed by atoms with E-state index in [1.54, 1.807) is 13.3 Å². The third kappa shape index (κ3) is 1.68. The van der Waals surface area contributed by atoms with E-state index in [4.69, 9.17) is 4.74 Å². The Bertz CT molecular complexity index is 535. The van der Waals surface area contributed by atoms with Crippen molar-refractivity contribution >= 4 is 17.4 Å². The molecule has 0 radical (unpaired) electrons. The third-order valence-corrected chi connectivity index (χ3v) is 3.04. The lowest BCUT2D eigenvalue weighted by atomic mass is 10.2. The minimum atomic E-state index is -0.130. The number of hydrogen-bond donors (Lipinski definition) is 0. The molecule has 3 heterocycles. The van der Waals surface area contributed by atoms with Crippen LogP contribution in [0.25, 0.3) is 0 Å². The number of ether oxygens (including phenoxy) is 1. The van der Waals surface area contributed by atoms with Crippen molar-refractivity contribution in [1.29, 1.82) is 0 Å². The summed E-state index contributed by atoms with van der Waals surface area (Å²) in [5.41, 5.74) is 0.953. The van der Waals surface area contributed by atoms with Crippen molar-refractivity contribution in [1.82, 2.24) is 4.98 Å². The van der Waals surface area contributed by atoms with Crippen LogP contribution in [-0.4, -0.2) is 36.0 Å². The maximum Gasteiger partial charge on any atom is 0.210 e. The van der Waals surface area contributed by atoms with Gasteiger partial charge in [-0.15, -0.1) is 0 Å². The Morgan fingerprint density at radius 1 is 1.22 bits per heavy atom. The van der Waals surface area contributed by atoms with Gasteiger partial charge in [0.2, 0.25) is 5.90 Å². The number of rotatable bonds is 1. The number of fused-ring (bicyclic) bond motifs is 1. The highest BCUT2D eigenvalue weighted by atomic mass is 16.5. The summed E-state index contributed by atoms with van der Waals surface area (Å²) in [5, 5.41) is 0. The van der Waals surface area contributed by atoms with Crippen LogP contribution in [0.4, 0.5) is 5.82 Å². The molecule has 0 bridgehead atoms. The molecule has 0 spiro atoms. The number of aliphatic imine (C=N–C) groups is 2. The zero-order chi connectivity index (χ0) is 12.5. The molecule has 0 fully saturated rings. The predicted octanol–water partition coefficient (Wildman–Crippen LogP) is 1.63. The van der Waals surface area contributed by atoms with Gasteiger partial charge in [-0.2, -0.15) is 0 Å². The summed E-state index contributed by atoms with van der Waals surface area (Å²) in [5.74, 6) is 1.50. The van der Waals surface area contributed by atoms with Gasteiger partial charge in [-0.25, -0.2) is 9.98 Å². The normalized spacial score (nSPS) is 25.6. The van der Waals surface area contributed by atoms with Crippen molar-refractivity contribution in [2.75, 3.05) is 12.0 Å². The second kappa shape index (κ2) is 4.25. The maximum absolute atomic E-state index is 5.18. The van der Waals surface area contributed by atoms with E-state index in [-0.39, 0.29) is 12.3 Å². The molecule has 0 saturated heterocycles. The van der Waals surface area contributed by atoms with Crippen molar-refractivity contribution in [3.05, 3.63) is 36.5 Å². The van der Waals surface area contributed by atoms with Crippen LogP contribution in [0.1, 0.15) is 6.92 Å². The van der Waals surface area contributed by atoms with E-state index in [2.05, 4.69) is 19.9 Å². The molecule has 1 aromatic rings. The van der Waals surface area contributed by atoms with Gasteiger partial charge in [-0.05, 0) is 25.1 Å². The van der Waals surface area contributed by atoms with E-state index in [1.807, 2.05) is 37.3 Å². The molecule has 0 aliphatic carbocycles. The third-order valence-electron chi connectivity index (χ3n) is 3.04. The number of hydrogen-bond acceptors (Lipinski definition) is 5. The highest BCUT2D eigenvalue weighted by molar-refractivity contribution is 6.10. The first-order valence-electron chi connectivity index (χ1n) is 5.86. The molecule has 2 aliphatic rings. The average Bonchev–Trinajstić information content (AvgIpc) is 2.74. The van der Waals surface area contributed by atoms with Gasteiger partial charge in [0.1, 0.15) is 12.0 Å². The van der Waals surface area contributed by atoms with Crippen molar-refractivity contribution in [2.45, 2.75) is 19.3 Å². The van der Waals surface area contributed by atoms with Crippen LogP contribution in [-0.2, 0) is 4.74 Å². The lowest BCUT2D eigenvalue weighted by molar-refractivity contribution is 0.402. The molecule has 5 nitrogen and oxygen atoms in total. The molecular weight excluding hydrogens is 228 g/mol. The van der Waals surface area contributed by atoms with E-state index in [0.29, 0.717) is 5.90 Å². The van der Waals surface area contributed by atoms with E-state index in [0.717, 1.165) is 11.5 Å². The first kappa shape index (κ1) is 11.0. The lowest BCUT2D eigenvalue weighted by Gasteiger charge is -2.27. The topological polar surface area (TPSA) is 50.1 Å². The molecule has 0 amide bonds. The summed E-state index contributed by atoms with van der Waals surface area (Å²) in [4.78, 5) is 15.6. The zero-order valence-electron chi connectivity index (χ0n) is 10.3. The first-order valence-corrected chi connectivity index (χ1v) is 5.86. The largest absolute Gasteiger partial charge is 0.481 e. The Morgan fingerprint density at radius 3 is 2.83 bits per heavy atom. The Morgan fingerprint density at radius 2 is 2.11 bits per heavy atom. The van der Waals surface area contributed by atoms with Crippen LogP contribution in [0.5, 0.6) is 0 Å². The molecule has 0 saturated carbocycles. The minimum Gasteiger partial charge on any atom is -0.481 e. The van der Waals surface area contributed by atoms with Gasteiger partial charge < -0.3 is 9.64 Å². The summed E-state index contributed by atoms with van der Waals surface area (Å²) in [7, 11) is 1.62. The molecule has 1 aromatic heterocycles. The molecule has 5 heteroatoms. The van der Waals surface area contributed by atoms with Crippen LogP contribution < -0.4 is 4.90 Å². The standard InChI is InChI=1S/C13H14N4O/c1-9-15-10-6-7-12(18-2)16-13(10)17(9)11-5-3-4-8-14-11/h3-9,13H,1-2H3. The van der Waals surface area contributed by atoms with Gasteiger partial charge in [0.05, 0.1) is 12.8 Å². The zero-order valence-corrected chi connectivity index (χ0v) is 10.3. The molecule has 92 valence electrons. The van der Waals surface area contributed by atoms with Crippen molar-refractivity contribution in [2.24, 2.45) is 9.98 Å². The van der Waals surface area contributed by atoms with E-state index in [1.165, 1.54) is 0 Å². The SMILES string of the molecule is COC1=NC2C(=NC(C)N2c2ccccn2)C=C1. The Balaban J connectivity index is 1.98. The van der Waals surface area contributed by atoms with Gasteiger partial charge in [-0.1, -0.05) is 6.07 Å². The van der Waals surface area contributed by atoms with Crippen molar-refractivity contribution in [3.63, 3.8) is 0 Å². The van der Waals surface area contributed by atoms with Crippen LogP contribution in [0, 0.1) is 0 Å². The predicted molar refractivity (Wildman–Crippen MR) is 71.0 cm³/mol. The van der Waals surface area contributed by atoms with Crippen molar-refractivity contribution < 1.29 is 4.74 Å². The first-order chi connectivity index (χ1) is 8.79. The molecule has 0 aromatic carbocycles. The molecule has 2 unspecified atom stereocenters. The maximum atomic E-state index is 5.18. The summed E-state index contributed by atoms with van der Waals surface area (Å²) < 4.78 is 5.18. The van der Waals surface area contributed by atoms with Gasteiger partial charge in [0.25, 0.3) is 0 Å². The number of pyridine rings is 1. The fraction of sp³-hybridized carbons (Fsp3) is 0.308. The number of methoxy groups -OCH3 is 1. The fourth-order valence-corrected chi connectivity index (χ4v) is 2.21. The molecule has 2 aliphatic heterocycles. The monoisotopic (exact) mass is 242 g/mol. The van der Waals surface area contributed by atoms with Gasteiger partial charge >= 0.3 is 0 Å². The molecule has 18 heavy (non-hydrogen) atoms. The average molecular weight is 242 g/mol. The fourth-order valence-electron chi connectivity index (χ4n) is 2.21. The van der Waals surface area contributed by atoms with Crippen molar-refractivity contribution in [3.8, 4) is 0 Å². The van der Waals surface area contributed by atoms with Crippen LogP contribution in [0.2, 0.25) is 0 Å². The van der Waals surface area contributed by atoms with Crippen LogP contribution >= 0.6 is 0 Å². The van der Waals surface area contributed by atoms with Gasteiger partial charge in [-0.3, -0.25) is 4.99 Å². The molecule has 2 atom stereocenters. The summed E-state index contributed by atoms with van der Waals surface area (Å²) in [6, 6.07) is 5.83.